The molecule has 0 saturated heterocycles. The predicted octanol–water partition coefficient (Wildman–Crippen LogP) is 4.02. The van der Waals surface area contributed by atoms with Crippen molar-refractivity contribution < 1.29 is 0 Å². The first-order chi connectivity index (χ1) is 5.06. The van der Waals surface area contributed by atoms with E-state index in [0.29, 0.717) is 5.92 Å². The minimum atomic E-state index is 0.675. The normalized spacial score (nSPS) is 14.7. The number of hydrogen-bond acceptors (Lipinski definition) is 1. The summed E-state index contributed by atoms with van der Waals surface area (Å²) in [4.78, 5) is 1.15. The van der Waals surface area contributed by atoms with Gasteiger partial charge in [0, 0.05) is 4.65 Å². The maximum atomic E-state index is 3.84. The molecule has 0 nitrogen and oxygen atoms in total. The summed E-state index contributed by atoms with van der Waals surface area (Å²) in [6, 6.07) is 0. The van der Waals surface area contributed by atoms with Gasteiger partial charge in [-0.2, -0.15) is 0 Å². The highest BCUT2D eigenvalue weighted by atomic mass is 32.2. The van der Waals surface area contributed by atoms with Crippen LogP contribution in [0.5, 0.6) is 0 Å². The zero-order valence-electron chi connectivity index (χ0n) is 7.55. The molecule has 2 atom stereocenters. The zero-order valence-corrected chi connectivity index (χ0v) is 9.53. The average Bonchev–Trinajstić information content (AvgIpc) is 1.85. The van der Waals surface area contributed by atoms with Gasteiger partial charge in [-0.1, -0.05) is 53.9 Å². The molecule has 0 radical (unpaired) electrons. The van der Waals surface area contributed by atoms with Crippen LogP contribution in [0.3, 0.4) is 0 Å². The van der Waals surface area contributed by atoms with Crippen molar-refractivity contribution in [3.63, 3.8) is 0 Å². The Bertz CT molecular complexity index is 161. The Morgan fingerprint density at radius 1 is 1.73 bits per heavy atom. The van der Waals surface area contributed by atoms with Crippen LogP contribution in [-0.4, -0.2) is 0 Å². The van der Waals surface area contributed by atoms with E-state index in [1.165, 1.54) is 11.1 Å². The van der Waals surface area contributed by atoms with Gasteiger partial charge in [0.2, 0.25) is 0 Å². The van der Waals surface area contributed by atoms with Crippen molar-refractivity contribution in [2.45, 2.75) is 27.2 Å². The SMILES string of the molecule is C=C(C)S/C(P)=C\[C@@H](C)CC. The van der Waals surface area contributed by atoms with Crippen LogP contribution in [0.25, 0.3) is 0 Å². The number of thioether (sulfide) groups is 1. The summed E-state index contributed by atoms with van der Waals surface area (Å²) in [6.07, 6.45) is 3.47. The molecule has 0 aliphatic carbocycles. The Balaban J connectivity index is 3.89. The van der Waals surface area contributed by atoms with Gasteiger partial charge >= 0.3 is 0 Å². The second kappa shape index (κ2) is 5.85. The predicted molar refractivity (Wildman–Crippen MR) is 59.7 cm³/mol. The van der Waals surface area contributed by atoms with Crippen molar-refractivity contribution in [3.05, 3.63) is 22.2 Å². The van der Waals surface area contributed by atoms with Crippen molar-refractivity contribution >= 4 is 21.0 Å². The van der Waals surface area contributed by atoms with Gasteiger partial charge in [-0.15, -0.1) is 0 Å². The van der Waals surface area contributed by atoms with Crippen molar-refractivity contribution in [3.8, 4) is 0 Å². The first-order valence-electron chi connectivity index (χ1n) is 3.87. The molecule has 0 saturated carbocycles. The minimum Gasteiger partial charge on any atom is -0.0986 e. The Morgan fingerprint density at radius 3 is 2.64 bits per heavy atom. The lowest BCUT2D eigenvalue weighted by molar-refractivity contribution is 0.699. The summed E-state index contributed by atoms with van der Waals surface area (Å²) in [5.41, 5.74) is 0. The Labute approximate surface area is 76.7 Å². The molecule has 0 N–H and O–H groups in total. The van der Waals surface area contributed by atoms with E-state index in [-0.39, 0.29) is 0 Å². The fourth-order valence-corrected chi connectivity index (χ4v) is 2.27. The maximum absolute atomic E-state index is 3.84. The second-order valence-electron chi connectivity index (χ2n) is 2.76. The van der Waals surface area contributed by atoms with Crippen molar-refractivity contribution in [1.29, 1.82) is 0 Å². The summed E-state index contributed by atoms with van der Waals surface area (Å²) in [5, 5.41) is 0. The molecule has 0 rings (SSSR count). The second-order valence-corrected chi connectivity index (χ2v) is 5.17. The van der Waals surface area contributed by atoms with Gasteiger partial charge in [-0.05, 0) is 17.7 Å². The number of rotatable bonds is 4. The molecule has 2 heteroatoms. The summed E-state index contributed by atoms with van der Waals surface area (Å²) in [7, 11) is 2.74. The summed E-state index contributed by atoms with van der Waals surface area (Å²) in [6.45, 7) is 10.3. The lowest BCUT2D eigenvalue weighted by atomic mass is 10.1. The van der Waals surface area contributed by atoms with Gasteiger partial charge in [0.05, 0.1) is 0 Å². The first kappa shape index (κ1) is 11.3. The summed E-state index contributed by atoms with van der Waals surface area (Å²) in [5.74, 6) is 0.675. The van der Waals surface area contributed by atoms with Gasteiger partial charge in [-0.3, -0.25) is 0 Å². The van der Waals surface area contributed by atoms with E-state index >= 15 is 0 Å². The highest BCUT2D eigenvalue weighted by Crippen LogP contribution is 2.30. The van der Waals surface area contributed by atoms with Crippen LogP contribution in [0.4, 0.5) is 0 Å². The van der Waals surface area contributed by atoms with Crippen LogP contribution in [0.1, 0.15) is 27.2 Å². The highest BCUT2D eigenvalue weighted by molar-refractivity contribution is 8.10. The molecule has 0 aliphatic rings. The molecule has 0 aromatic rings. The van der Waals surface area contributed by atoms with Gasteiger partial charge in [0.15, 0.2) is 0 Å². The zero-order chi connectivity index (χ0) is 8.85. The van der Waals surface area contributed by atoms with Crippen molar-refractivity contribution in [2.24, 2.45) is 5.92 Å². The molecule has 0 aliphatic heterocycles. The molecule has 0 spiro atoms. The lowest BCUT2D eigenvalue weighted by Crippen LogP contribution is -1.84. The number of allylic oxidation sites excluding steroid dienone is 2. The van der Waals surface area contributed by atoms with E-state index in [1.807, 2.05) is 6.92 Å². The van der Waals surface area contributed by atoms with Crippen LogP contribution in [0, 0.1) is 5.92 Å². The minimum absolute atomic E-state index is 0.675. The average molecular weight is 188 g/mol. The molecular formula is C9H17PS. The lowest BCUT2D eigenvalue weighted by Gasteiger charge is -2.04. The largest absolute Gasteiger partial charge is 0.0986 e. The van der Waals surface area contributed by atoms with Crippen LogP contribution in [0.15, 0.2) is 22.2 Å². The van der Waals surface area contributed by atoms with E-state index < -0.39 is 0 Å². The quantitative estimate of drug-likeness (QED) is 0.600. The topological polar surface area (TPSA) is 0 Å². The van der Waals surface area contributed by atoms with Crippen molar-refractivity contribution in [1.82, 2.24) is 0 Å². The van der Waals surface area contributed by atoms with Gasteiger partial charge in [-0.25, -0.2) is 0 Å². The van der Waals surface area contributed by atoms with Crippen LogP contribution in [-0.2, 0) is 0 Å². The van der Waals surface area contributed by atoms with Gasteiger partial charge in [0.25, 0.3) is 0 Å². The van der Waals surface area contributed by atoms with Gasteiger partial charge < -0.3 is 0 Å². The molecule has 0 fully saturated rings. The van der Waals surface area contributed by atoms with E-state index in [9.17, 15) is 0 Å². The van der Waals surface area contributed by atoms with E-state index in [2.05, 4.69) is 35.7 Å². The third-order valence-corrected chi connectivity index (χ3v) is 2.65. The maximum Gasteiger partial charge on any atom is 0.00300 e. The smallest absolute Gasteiger partial charge is 0.00300 e. The first-order valence-corrected chi connectivity index (χ1v) is 5.26. The van der Waals surface area contributed by atoms with Crippen LogP contribution >= 0.6 is 21.0 Å². The van der Waals surface area contributed by atoms with E-state index in [1.54, 1.807) is 11.8 Å². The molecule has 64 valence electrons. The molecular weight excluding hydrogens is 171 g/mol. The Morgan fingerprint density at radius 2 is 2.27 bits per heavy atom. The number of hydrogen-bond donors (Lipinski definition) is 0. The fraction of sp³-hybridized carbons (Fsp3) is 0.556. The molecule has 0 aromatic carbocycles. The molecule has 0 amide bonds. The standard InChI is InChI=1S/C9H17PS/c1-5-8(4)6-9(10)11-7(2)3/h6,8H,2,5,10H2,1,3-4H3/b9-6-/t8-/m0/s1. The molecule has 0 aromatic heterocycles. The molecule has 1 unspecified atom stereocenters. The summed E-state index contributed by atoms with van der Waals surface area (Å²) < 4.78 is 1.28. The Hall–Kier alpha value is 0.260. The van der Waals surface area contributed by atoms with Crippen LogP contribution in [0.2, 0.25) is 0 Å². The van der Waals surface area contributed by atoms with E-state index in [0.717, 1.165) is 4.91 Å². The third-order valence-electron chi connectivity index (χ3n) is 1.38. The van der Waals surface area contributed by atoms with Crippen molar-refractivity contribution in [2.75, 3.05) is 0 Å². The molecule has 0 heterocycles. The highest BCUT2D eigenvalue weighted by Gasteiger charge is 1.95. The third kappa shape index (κ3) is 6.65. The van der Waals surface area contributed by atoms with E-state index in [4.69, 9.17) is 0 Å². The molecule has 11 heavy (non-hydrogen) atoms. The Kier molecular flexibility index (Phi) is 5.99. The summed E-state index contributed by atoms with van der Waals surface area (Å²) >= 11 is 1.73. The van der Waals surface area contributed by atoms with Gasteiger partial charge in [0.1, 0.15) is 0 Å². The van der Waals surface area contributed by atoms with Crippen LogP contribution < -0.4 is 0 Å². The molecule has 0 bridgehead atoms. The monoisotopic (exact) mass is 188 g/mol. The fourth-order valence-electron chi connectivity index (χ4n) is 0.633.